The topological polar surface area (TPSA) is 38.0 Å². The van der Waals surface area contributed by atoms with E-state index in [1.165, 1.54) is 12.8 Å². The van der Waals surface area contributed by atoms with Crippen molar-refractivity contribution in [3.05, 3.63) is 0 Å². The van der Waals surface area contributed by atoms with Crippen LogP contribution in [0.4, 0.5) is 0 Å². The van der Waals surface area contributed by atoms with Gasteiger partial charge >= 0.3 is 0 Å². The molecule has 0 unspecified atom stereocenters. The van der Waals surface area contributed by atoms with Crippen LogP contribution in [0.1, 0.15) is 19.8 Å². The number of nitrogens with one attached hydrogen (secondary N) is 1. The molecule has 0 aromatic carbocycles. The second kappa shape index (κ2) is 1.32. The van der Waals surface area contributed by atoms with Crippen molar-refractivity contribution in [3.63, 3.8) is 0 Å². The summed E-state index contributed by atoms with van der Waals surface area (Å²) in [5.41, 5.74) is 6.65. The van der Waals surface area contributed by atoms with E-state index in [1.807, 2.05) is 0 Å². The zero-order chi connectivity index (χ0) is 6.54. The molecular formula is C7H14N2. The zero-order valence-corrected chi connectivity index (χ0v) is 5.91. The van der Waals surface area contributed by atoms with Gasteiger partial charge in [-0.3, -0.25) is 0 Å². The molecule has 0 bridgehead atoms. The minimum atomic E-state index is 0.0903. The van der Waals surface area contributed by atoms with Crippen LogP contribution < -0.4 is 11.1 Å². The van der Waals surface area contributed by atoms with Gasteiger partial charge in [-0.15, -0.1) is 0 Å². The fourth-order valence-electron chi connectivity index (χ4n) is 1.85. The van der Waals surface area contributed by atoms with Crippen molar-refractivity contribution < 1.29 is 0 Å². The van der Waals surface area contributed by atoms with Crippen molar-refractivity contribution >= 4 is 0 Å². The average Bonchev–Trinajstić information content (AvgIpc) is 2.41. The van der Waals surface area contributed by atoms with Crippen molar-refractivity contribution in [2.24, 2.45) is 11.1 Å². The fourth-order valence-corrected chi connectivity index (χ4v) is 1.85. The quantitative estimate of drug-likeness (QED) is 0.482. The lowest BCUT2D eigenvalue weighted by molar-refractivity contribution is 0.354. The SMILES string of the molecule is C[C@@]1(N)CNCC12CC2. The molecule has 3 N–H and O–H groups in total. The Morgan fingerprint density at radius 1 is 1.33 bits per heavy atom. The summed E-state index contributed by atoms with van der Waals surface area (Å²) < 4.78 is 0. The van der Waals surface area contributed by atoms with E-state index in [0.29, 0.717) is 5.41 Å². The Morgan fingerprint density at radius 3 is 2.22 bits per heavy atom. The van der Waals surface area contributed by atoms with Crippen molar-refractivity contribution in [1.82, 2.24) is 5.32 Å². The molecule has 52 valence electrons. The van der Waals surface area contributed by atoms with Gasteiger partial charge < -0.3 is 11.1 Å². The van der Waals surface area contributed by atoms with Crippen LogP contribution in [0.15, 0.2) is 0 Å². The second-order valence-electron chi connectivity index (χ2n) is 3.80. The smallest absolute Gasteiger partial charge is 0.0321 e. The van der Waals surface area contributed by atoms with E-state index in [-0.39, 0.29) is 5.54 Å². The predicted octanol–water partition coefficient (Wildman–Crippen LogP) is 0.0872. The van der Waals surface area contributed by atoms with E-state index in [0.717, 1.165) is 13.1 Å². The molecule has 2 fully saturated rings. The Morgan fingerprint density at radius 2 is 2.00 bits per heavy atom. The second-order valence-corrected chi connectivity index (χ2v) is 3.80. The first-order valence-corrected chi connectivity index (χ1v) is 3.66. The Hall–Kier alpha value is -0.0800. The van der Waals surface area contributed by atoms with Crippen LogP contribution in [0.25, 0.3) is 0 Å². The first-order valence-electron chi connectivity index (χ1n) is 3.66. The predicted molar refractivity (Wildman–Crippen MR) is 37.1 cm³/mol. The van der Waals surface area contributed by atoms with Crippen LogP contribution in [0.2, 0.25) is 0 Å². The maximum atomic E-state index is 6.06. The molecule has 1 aliphatic carbocycles. The molecule has 0 amide bonds. The average molecular weight is 126 g/mol. The number of hydrogen-bond acceptors (Lipinski definition) is 2. The summed E-state index contributed by atoms with van der Waals surface area (Å²) in [6, 6.07) is 0. The third kappa shape index (κ3) is 0.578. The monoisotopic (exact) mass is 126 g/mol. The third-order valence-corrected chi connectivity index (χ3v) is 3.02. The number of nitrogens with two attached hydrogens (primary N) is 1. The Kier molecular flexibility index (Phi) is 0.837. The highest BCUT2D eigenvalue weighted by molar-refractivity contribution is 5.15. The van der Waals surface area contributed by atoms with Crippen LogP contribution in [-0.4, -0.2) is 18.6 Å². The summed E-state index contributed by atoms with van der Waals surface area (Å²) >= 11 is 0. The molecule has 1 saturated heterocycles. The van der Waals surface area contributed by atoms with Gasteiger partial charge in [0, 0.05) is 24.0 Å². The molecule has 0 aromatic heterocycles. The number of rotatable bonds is 0. The lowest BCUT2D eigenvalue weighted by atomic mass is 9.87. The molecule has 0 aromatic rings. The van der Waals surface area contributed by atoms with E-state index in [2.05, 4.69) is 12.2 Å². The van der Waals surface area contributed by atoms with Gasteiger partial charge in [-0.1, -0.05) is 0 Å². The van der Waals surface area contributed by atoms with Gasteiger partial charge in [0.1, 0.15) is 0 Å². The van der Waals surface area contributed by atoms with Crippen LogP contribution in [0, 0.1) is 5.41 Å². The Labute approximate surface area is 55.8 Å². The first kappa shape index (κ1) is 5.69. The molecule has 1 aliphatic heterocycles. The van der Waals surface area contributed by atoms with Crippen LogP contribution in [0.5, 0.6) is 0 Å². The molecule has 9 heavy (non-hydrogen) atoms. The van der Waals surface area contributed by atoms with Gasteiger partial charge in [0.15, 0.2) is 0 Å². The lowest BCUT2D eigenvalue weighted by Gasteiger charge is -2.24. The Bertz CT molecular complexity index is 132. The Balaban J connectivity index is 2.23. The normalized spacial score (nSPS) is 46.0. The van der Waals surface area contributed by atoms with Crippen molar-refractivity contribution in [1.29, 1.82) is 0 Å². The van der Waals surface area contributed by atoms with Gasteiger partial charge in [0.05, 0.1) is 0 Å². The van der Waals surface area contributed by atoms with Crippen LogP contribution in [0.3, 0.4) is 0 Å². The molecule has 2 heteroatoms. The van der Waals surface area contributed by atoms with E-state index in [4.69, 9.17) is 5.73 Å². The highest BCUT2D eigenvalue weighted by atomic mass is 15.1. The number of hydrogen-bond donors (Lipinski definition) is 2. The van der Waals surface area contributed by atoms with Crippen LogP contribution >= 0.6 is 0 Å². The molecule has 0 radical (unpaired) electrons. The summed E-state index contributed by atoms with van der Waals surface area (Å²) in [6.45, 7) is 4.33. The molecule has 1 heterocycles. The minimum Gasteiger partial charge on any atom is -0.324 e. The summed E-state index contributed by atoms with van der Waals surface area (Å²) in [7, 11) is 0. The summed E-state index contributed by atoms with van der Waals surface area (Å²) in [5, 5.41) is 3.34. The van der Waals surface area contributed by atoms with Gasteiger partial charge in [0.25, 0.3) is 0 Å². The molecular weight excluding hydrogens is 112 g/mol. The van der Waals surface area contributed by atoms with Crippen molar-refractivity contribution in [3.8, 4) is 0 Å². The van der Waals surface area contributed by atoms with E-state index in [9.17, 15) is 0 Å². The summed E-state index contributed by atoms with van der Waals surface area (Å²) in [5.74, 6) is 0. The molecule has 2 nitrogen and oxygen atoms in total. The molecule has 1 saturated carbocycles. The molecule has 1 spiro atoms. The molecule has 1 atom stereocenters. The van der Waals surface area contributed by atoms with Crippen LogP contribution in [-0.2, 0) is 0 Å². The highest BCUT2D eigenvalue weighted by Gasteiger charge is 2.57. The highest BCUT2D eigenvalue weighted by Crippen LogP contribution is 2.54. The van der Waals surface area contributed by atoms with E-state index < -0.39 is 0 Å². The van der Waals surface area contributed by atoms with Crippen molar-refractivity contribution in [2.45, 2.75) is 25.3 Å². The first-order chi connectivity index (χ1) is 4.16. The summed E-state index contributed by atoms with van der Waals surface area (Å²) in [4.78, 5) is 0. The largest absolute Gasteiger partial charge is 0.324 e. The fraction of sp³-hybridized carbons (Fsp3) is 1.00. The summed E-state index contributed by atoms with van der Waals surface area (Å²) in [6.07, 6.45) is 2.68. The van der Waals surface area contributed by atoms with Crippen molar-refractivity contribution in [2.75, 3.05) is 13.1 Å². The van der Waals surface area contributed by atoms with Gasteiger partial charge in [-0.2, -0.15) is 0 Å². The molecule has 2 rings (SSSR count). The maximum Gasteiger partial charge on any atom is 0.0321 e. The molecule has 2 aliphatic rings. The van der Waals surface area contributed by atoms with E-state index >= 15 is 0 Å². The van der Waals surface area contributed by atoms with Gasteiger partial charge in [-0.05, 0) is 19.8 Å². The lowest BCUT2D eigenvalue weighted by Crippen LogP contribution is -2.45. The standard InChI is InChI=1S/C7H14N2/c1-6(8)4-9-5-7(6)2-3-7/h9H,2-5,8H2,1H3/t6-/m1/s1. The third-order valence-electron chi connectivity index (χ3n) is 3.02. The van der Waals surface area contributed by atoms with Gasteiger partial charge in [-0.25, -0.2) is 0 Å². The maximum absolute atomic E-state index is 6.06. The zero-order valence-electron chi connectivity index (χ0n) is 5.91. The van der Waals surface area contributed by atoms with E-state index in [1.54, 1.807) is 0 Å². The van der Waals surface area contributed by atoms with Gasteiger partial charge in [0.2, 0.25) is 0 Å². The minimum absolute atomic E-state index is 0.0903.